The highest BCUT2D eigenvalue weighted by Crippen LogP contribution is 2.11. The van der Waals surface area contributed by atoms with Crippen LogP contribution in [0.25, 0.3) is 0 Å². The molecule has 2 N–H and O–H groups in total. The Morgan fingerprint density at radius 2 is 2.00 bits per heavy atom. The number of rotatable bonds is 4. The number of nitrogens with two attached hydrogens (primary N) is 1. The number of hydrogen-bond acceptors (Lipinski definition) is 1. The van der Waals surface area contributed by atoms with Gasteiger partial charge in [0.25, 0.3) is 0 Å². The van der Waals surface area contributed by atoms with Crippen molar-refractivity contribution in [1.29, 1.82) is 0 Å². The molecule has 0 aliphatic carbocycles. The van der Waals surface area contributed by atoms with Crippen molar-refractivity contribution in [2.75, 3.05) is 0 Å². The summed E-state index contributed by atoms with van der Waals surface area (Å²) in [5.41, 5.74) is 7.34. The molecule has 0 aliphatic rings. The average molecular weight is 165 g/mol. The van der Waals surface area contributed by atoms with Gasteiger partial charge in [-0.15, -0.1) is 0 Å². The molecular weight excluding hydrogens is 146 g/mol. The third-order valence-electron chi connectivity index (χ3n) is 1.53. The first-order chi connectivity index (χ1) is 5.56. The zero-order valence-electron chi connectivity index (χ0n) is 8.30. The summed E-state index contributed by atoms with van der Waals surface area (Å²) in [6, 6.07) is 0. The summed E-state index contributed by atoms with van der Waals surface area (Å²) >= 11 is 0. The van der Waals surface area contributed by atoms with E-state index in [9.17, 15) is 0 Å². The molecule has 0 fully saturated rings. The quantitative estimate of drug-likeness (QED) is 0.637. The standard InChI is InChI=1S/C11H19N/c1-5-11(8-9(2)3)7-6-10(4)12/h5-7,9H,4,8,12H2,1-3H3/b7-6-,11-5+. The van der Waals surface area contributed by atoms with Crippen molar-refractivity contribution >= 4 is 0 Å². The van der Waals surface area contributed by atoms with Crippen LogP contribution in [0.15, 0.2) is 36.1 Å². The van der Waals surface area contributed by atoms with Crippen molar-refractivity contribution < 1.29 is 0 Å². The van der Waals surface area contributed by atoms with E-state index in [1.54, 1.807) is 0 Å². The molecule has 0 heterocycles. The van der Waals surface area contributed by atoms with E-state index in [0.717, 1.165) is 6.42 Å². The maximum Gasteiger partial charge on any atom is 0.0241 e. The molecule has 68 valence electrons. The van der Waals surface area contributed by atoms with Gasteiger partial charge in [-0.1, -0.05) is 38.2 Å². The molecule has 0 atom stereocenters. The van der Waals surface area contributed by atoms with Gasteiger partial charge in [0.05, 0.1) is 0 Å². The normalized spacial score (nSPS) is 12.8. The fourth-order valence-electron chi connectivity index (χ4n) is 0.968. The topological polar surface area (TPSA) is 26.0 Å². The minimum atomic E-state index is 0.609. The van der Waals surface area contributed by atoms with Crippen molar-refractivity contribution in [2.24, 2.45) is 11.7 Å². The Morgan fingerprint density at radius 1 is 1.42 bits per heavy atom. The molecule has 0 aromatic carbocycles. The first kappa shape index (κ1) is 11.0. The lowest BCUT2D eigenvalue weighted by Gasteiger charge is -2.04. The van der Waals surface area contributed by atoms with Crippen LogP contribution in [0.5, 0.6) is 0 Å². The zero-order valence-corrected chi connectivity index (χ0v) is 8.30. The first-order valence-corrected chi connectivity index (χ1v) is 4.34. The Kier molecular flexibility index (Phi) is 5.18. The van der Waals surface area contributed by atoms with Crippen molar-refractivity contribution in [3.8, 4) is 0 Å². The van der Waals surface area contributed by atoms with Crippen molar-refractivity contribution in [1.82, 2.24) is 0 Å². The molecule has 1 heteroatoms. The molecule has 1 nitrogen and oxygen atoms in total. The lowest BCUT2D eigenvalue weighted by Crippen LogP contribution is -1.91. The van der Waals surface area contributed by atoms with E-state index in [1.807, 2.05) is 19.1 Å². The van der Waals surface area contributed by atoms with Crippen LogP contribution in [-0.2, 0) is 0 Å². The van der Waals surface area contributed by atoms with Crippen LogP contribution in [0, 0.1) is 5.92 Å². The highest BCUT2D eigenvalue weighted by Gasteiger charge is 1.95. The Hall–Kier alpha value is -0.980. The molecule has 0 aromatic rings. The van der Waals surface area contributed by atoms with Crippen LogP contribution in [0.1, 0.15) is 27.2 Å². The summed E-state index contributed by atoms with van der Waals surface area (Å²) < 4.78 is 0. The van der Waals surface area contributed by atoms with Gasteiger partial charge in [0, 0.05) is 5.70 Å². The monoisotopic (exact) mass is 165 g/mol. The third kappa shape index (κ3) is 5.78. The maximum atomic E-state index is 5.42. The van der Waals surface area contributed by atoms with Gasteiger partial charge in [-0.2, -0.15) is 0 Å². The lowest BCUT2D eigenvalue weighted by molar-refractivity contribution is 0.649. The van der Waals surface area contributed by atoms with Crippen LogP contribution in [-0.4, -0.2) is 0 Å². The highest BCUT2D eigenvalue weighted by molar-refractivity contribution is 5.24. The van der Waals surface area contributed by atoms with Gasteiger partial charge in [-0.3, -0.25) is 0 Å². The van der Waals surface area contributed by atoms with Crippen LogP contribution in [0.4, 0.5) is 0 Å². The second-order valence-corrected chi connectivity index (χ2v) is 3.37. The Labute approximate surface area is 75.7 Å². The molecule has 0 rings (SSSR count). The van der Waals surface area contributed by atoms with Crippen molar-refractivity contribution in [2.45, 2.75) is 27.2 Å². The van der Waals surface area contributed by atoms with Crippen LogP contribution in [0.3, 0.4) is 0 Å². The predicted molar refractivity (Wildman–Crippen MR) is 55.7 cm³/mol. The Balaban J connectivity index is 4.11. The molecule has 0 bridgehead atoms. The molecular formula is C11H19N. The molecule has 0 amide bonds. The summed E-state index contributed by atoms with van der Waals surface area (Å²) in [6.07, 6.45) is 7.08. The molecule has 0 saturated heterocycles. The molecule has 0 aliphatic heterocycles. The summed E-state index contributed by atoms with van der Waals surface area (Å²) in [5.74, 6) is 0.687. The van der Waals surface area contributed by atoms with Crippen LogP contribution >= 0.6 is 0 Å². The molecule has 0 aromatic heterocycles. The SMILES string of the molecule is C=C(N)/C=C\C(=C/C)CC(C)C. The van der Waals surface area contributed by atoms with E-state index in [1.165, 1.54) is 5.57 Å². The average Bonchev–Trinajstić information content (AvgIpc) is 1.97. The number of allylic oxidation sites excluding steroid dienone is 4. The van der Waals surface area contributed by atoms with Gasteiger partial charge in [0.1, 0.15) is 0 Å². The second kappa shape index (κ2) is 5.64. The first-order valence-electron chi connectivity index (χ1n) is 4.34. The molecule has 0 saturated carbocycles. The summed E-state index contributed by atoms with van der Waals surface area (Å²) in [4.78, 5) is 0. The van der Waals surface area contributed by atoms with E-state index >= 15 is 0 Å². The lowest BCUT2D eigenvalue weighted by atomic mass is 10.0. The summed E-state index contributed by atoms with van der Waals surface area (Å²) in [5, 5.41) is 0. The summed E-state index contributed by atoms with van der Waals surface area (Å²) in [7, 11) is 0. The largest absolute Gasteiger partial charge is 0.399 e. The number of hydrogen-bond donors (Lipinski definition) is 1. The fraction of sp³-hybridized carbons (Fsp3) is 0.455. The maximum absolute atomic E-state index is 5.42. The smallest absolute Gasteiger partial charge is 0.0241 e. The van der Waals surface area contributed by atoms with Gasteiger partial charge in [0.15, 0.2) is 0 Å². The van der Waals surface area contributed by atoms with Crippen LogP contribution < -0.4 is 5.73 Å². The van der Waals surface area contributed by atoms with E-state index in [2.05, 4.69) is 26.5 Å². The molecule has 0 radical (unpaired) electrons. The van der Waals surface area contributed by atoms with E-state index in [4.69, 9.17) is 5.73 Å². The second-order valence-electron chi connectivity index (χ2n) is 3.37. The Morgan fingerprint density at radius 3 is 2.33 bits per heavy atom. The summed E-state index contributed by atoms with van der Waals surface area (Å²) in [6.45, 7) is 10.1. The minimum Gasteiger partial charge on any atom is -0.399 e. The highest BCUT2D eigenvalue weighted by atomic mass is 14.5. The molecule has 0 unspecified atom stereocenters. The third-order valence-corrected chi connectivity index (χ3v) is 1.53. The van der Waals surface area contributed by atoms with Gasteiger partial charge in [0.2, 0.25) is 0 Å². The van der Waals surface area contributed by atoms with Gasteiger partial charge >= 0.3 is 0 Å². The van der Waals surface area contributed by atoms with Crippen molar-refractivity contribution in [3.05, 3.63) is 36.1 Å². The fourth-order valence-corrected chi connectivity index (χ4v) is 0.968. The van der Waals surface area contributed by atoms with E-state index in [0.29, 0.717) is 11.6 Å². The van der Waals surface area contributed by atoms with Crippen LogP contribution in [0.2, 0.25) is 0 Å². The van der Waals surface area contributed by atoms with Gasteiger partial charge < -0.3 is 5.73 Å². The minimum absolute atomic E-state index is 0.609. The van der Waals surface area contributed by atoms with E-state index in [-0.39, 0.29) is 0 Å². The molecule has 12 heavy (non-hydrogen) atoms. The molecule has 0 spiro atoms. The van der Waals surface area contributed by atoms with Crippen molar-refractivity contribution in [3.63, 3.8) is 0 Å². The van der Waals surface area contributed by atoms with Gasteiger partial charge in [-0.05, 0) is 25.3 Å². The Bertz CT molecular complexity index is 197. The van der Waals surface area contributed by atoms with E-state index < -0.39 is 0 Å². The predicted octanol–water partition coefficient (Wildman–Crippen LogP) is 3.01. The van der Waals surface area contributed by atoms with Gasteiger partial charge in [-0.25, -0.2) is 0 Å². The zero-order chi connectivity index (χ0) is 9.56.